The molecule has 0 amide bonds. The Labute approximate surface area is 138 Å². The molecule has 0 unspecified atom stereocenters. The minimum atomic E-state index is -3.65. The molecule has 0 aromatic heterocycles. The number of benzene rings is 2. The van der Waals surface area contributed by atoms with Crippen molar-refractivity contribution in [3.05, 3.63) is 54.1 Å². The van der Waals surface area contributed by atoms with Gasteiger partial charge in [-0.15, -0.1) is 0 Å². The predicted octanol–water partition coefficient (Wildman–Crippen LogP) is 4.18. The maximum Gasteiger partial charge on any atom is 0.262 e. The third-order valence-electron chi connectivity index (χ3n) is 3.46. The van der Waals surface area contributed by atoms with Gasteiger partial charge in [-0.1, -0.05) is 45.0 Å². The molecule has 0 aliphatic heterocycles. The van der Waals surface area contributed by atoms with Gasteiger partial charge in [-0.2, -0.15) is 0 Å². The van der Waals surface area contributed by atoms with Gasteiger partial charge in [-0.25, -0.2) is 8.42 Å². The molecule has 0 aliphatic carbocycles. The van der Waals surface area contributed by atoms with Crippen LogP contribution in [0.1, 0.15) is 33.3 Å². The van der Waals surface area contributed by atoms with Gasteiger partial charge in [0.2, 0.25) is 0 Å². The number of hydrogen-bond acceptors (Lipinski definition) is 3. The zero-order chi connectivity index (χ0) is 17.1. The Morgan fingerprint density at radius 1 is 1.00 bits per heavy atom. The Hall–Kier alpha value is -2.01. The summed E-state index contributed by atoms with van der Waals surface area (Å²) in [6.07, 6.45) is 0. The summed E-state index contributed by atoms with van der Waals surface area (Å²) in [4.78, 5) is 0.233. The lowest BCUT2D eigenvalue weighted by Crippen LogP contribution is -2.15. The number of anilines is 1. The Balaban J connectivity index is 2.29. The van der Waals surface area contributed by atoms with Crippen LogP contribution in [0.4, 0.5) is 5.69 Å². The second-order valence-corrected chi connectivity index (χ2v) is 7.99. The first-order valence-electron chi connectivity index (χ1n) is 7.59. The van der Waals surface area contributed by atoms with E-state index in [4.69, 9.17) is 4.74 Å². The number of hydrogen-bond donors (Lipinski definition) is 1. The van der Waals surface area contributed by atoms with Crippen molar-refractivity contribution >= 4 is 15.7 Å². The standard InChI is InChI=1S/C18H23NO3S/c1-5-22-17-9-7-6-8-16(17)19-23(20,21)15-12-10-14(11-13-15)18(2,3)4/h6-13,19H,5H2,1-4H3. The molecule has 0 radical (unpaired) electrons. The summed E-state index contributed by atoms with van der Waals surface area (Å²) in [5.41, 5.74) is 1.51. The average Bonchev–Trinajstić information content (AvgIpc) is 2.48. The van der Waals surface area contributed by atoms with E-state index in [-0.39, 0.29) is 10.3 Å². The van der Waals surface area contributed by atoms with Gasteiger partial charge < -0.3 is 4.74 Å². The third-order valence-corrected chi connectivity index (χ3v) is 4.84. The van der Waals surface area contributed by atoms with E-state index in [0.717, 1.165) is 5.56 Å². The normalized spacial score (nSPS) is 12.0. The fraction of sp³-hybridized carbons (Fsp3) is 0.333. The highest BCUT2D eigenvalue weighted by Crippen LogP contribution is 2.28. The summed E-state index contributed by atoms with van der Waals surface area (Å²) in [5, 5.41) is 0. The van der Waals surface area contributed by atoms with Crippen LogP contribution in [0.3, 0.4) is 0 Å². The highest BCUT2D eigenvalue weighted by Gasteiger charge is 2.18. The first kappa shape index (κ1) is 17.3. The van der Waals surface area contributed by atoms with Crippen LogP contribution < -0.4 is 9.46 Å². The van der Waals surface area contributed by atoms with Crippen LogP contribution in [-0.2, 0) is 15.4 Å². The molecule has 0 saturated carbocycles. The molecule has 0 spiro atoms. The zero-order valence-electron chi connectivity index (χ0n) is 14.0. The van der Waals surface area contributed by atoms with Gasteiger partial charge in [0.15, 0.2) is 0 Å². The number of nitrogens with one attached hydrogen (secondary N) is 1. The summed E-state index contributed by atoms with van der Waals surface area (Å²) >= 11 is 0. The lowest BCUT2D eigenvalue weighted by molar-refractivity contribution is 0.342. The molecule has 0 saturated heterocycles. The van der Waals surface area contributed by atoms with Gasteiger partial charge in [0, 0.05) is 0 Å². The van der Waals surface area contributed by atoms with Crippen LogP contribution in [0, 0.1) is 0 Å². The molecule has 23 heavy (non-hydrogen) atoms. The number of rotatable bonds is 5. The Kier molecular flexibility index (Phi) is 5.00. The van der Waals surface area contributed by atoms with Crippen molar-refractivity contribution in [1.29, 1.82) is 0 Å². The molecule has 2 aromatic carbocycles. The van der Waals surface area contributed by atoms with Gasteiger partial charge in [0.25, 0.3) is 10.0 Å². The number of para-hydroxylation sites is 2. The molecule has 0 aliphatic rings. The predicted molar refractivity (Wildman–Crippen MR) is 93.6 cm³/mol. The van der Waals surface area contributed by atoms with Crippen LogP contribution in [0.5, 0.6) is 5.75 Å². The highest BCUT2D eigenvalue weighted by atomic mass is 32.2. The van der Waals surface area contributed by atoms with E-state index in [2.05, 4.69) is 25.5 Å². The summed E-state index contributed by atoms with van der Waals surface area (Å²) in [7, 11) is -3.65. The minimum Gasteiger partial charge on any atom is -0.492 e. The van der Waals surface area contributed by atoms with E-state index in [9.17, 15) is 8.42 Å². The number of ether oxygens (including phenoxy) is 1. The lowest BCUT2D eigenvalue weighted by Gasteiger charge is -2.19. The van der Waals surface area contributed by atoms with Gasteiger partial charge in [-0.05, 0) is 42.2 Å². The van der Waals surface area contributed by atoms with Crippen LogP contribution in [0.2, 0.25) is 0 Å². The molecule has 1 N–H and O–H groups in total. The van der Waals surface area contributed by atoms with E-state index in [1.165, 1.54) is 0 Å². The molecular formula is C18H23NO3S. The van der Waals surface area contributed by atoms with Gasteiger partial charge in [0.1, 0.15) is 5.75 Å². The van der Waals surface area contributed by atoms with E-state index >= 15 is 0 Å². The maximum absolute atomic E-state index is 12.6. The van der Waals surface area contributed by atoms with Crippen LogP contribution in [0.15, 0.2) is 53.4 Å². The van der Waals surface area contributed by atoms with Crippen LogP contribution in [0.25, 0.3) is 0 Å². The summed E-state index contributed by atoms with van der Waals surface area (Å²) < 4.78 is 33.2. The van der Waals surface area contributed by atoms with Gasteiger partial charge in [0.05, 0.1) is 17.2 Å². The summed E-state index contributed by atoms with van der Waals surface area (Å²) in [6, 6.07) is 14.0. The van der Waals surface area contributed by atoms with Crippen molar-refractivity contribution in [3.63, 3.8) is 0 Å². The van der Waals surface area contributed by atoms with Crippen molar-refractivity contribution in [2.24, 2.45) is 0 Å². The van der Waals surface area contributed by atoms with Crippen LogP contribution >= 0.6 is 0 Å². The minimum absolute atomic E-state index is 0.0166. The topological polar surface area (TPSA) is 55.4 Å². The SMILES string of the molecule is CCOc1ccccc1NS(=O)(=O)c1ccc(C(C)(C)C)cc1. The van der Waals surface area contributed by atoms with E-state index in [1.807, 2.05) is 19.1 Å². The van der Waals surface area contributed by atoms with E-state index in [0.29, 0.717) is 18.0 Å². The average molecular weight is 333 g/mol. The molecule has 5 heteroatoms. The molecular weight excluding hydrogens is 310 g/mol. The molecule has 0 fully saturated rings. The summed E-state index contributed by atoms with van der Waals surface area (Å²) in [6.45, 7) is 8.60. The smallest absolute Gasteiger partial charge is 0.262 e. The highest BCUT2D eigenvalue weighted by molar-refractivity contribution is 7.92. The second kappa shape index (κ2) is 6.62. The Morgan fingerprint density at radius 3 is 2.17 bits per heavy atom. The molecule has 0 atom stereocenters. The monoisotopic (exact) mass is 333 g/mol. The quantitative estimate of drug-likeness (QED) is 0.893. The van der Waals surface area contributed by atoms with Crippen LogP contribution in [-0.4, -0.2) is 15.0 Å². The van der Waals surface area contributed by atoms with Crippen molar-refractivity contribution in [2.75, 3.05) is 11.3 Å². The van der Waals surface area contributed by atoms with Crippen molar-refractivity contribution in [2.45, 2.75) is 38.0 Å². The zero-order valence-corrected chi connectivity index (χ0v) is 14.8. The first-order valence-corrected chi connectivity index (χ1v) is 9.07. The fourth-order valence-corrected chi connectivity index (χ4v) is 3.24. The molecule has 4 nitrogen and oxygen atoms in total. The Bertz CT molecular complexity index is 760. The summed E-state index contributed by atoms with van der Waals surface area (Å²) in [5.74, 6) is 0.518. The molecule has 124 valence electrons. The lowest BCUT2D eigenvalue weighted by atomic mass is 9.87. The molecule has 0 heterocycles. The van der Waals surface area contributed by atoms with Crippen molar-refractivity contribution < 1.29 is 13.2 Å². The number of sulfonamides is 1. The Morgan fingerprint density at radius 2 is 1.61 bits per heavy atom. The molecule has 2 aromatic rings. The van der Waals surface area contributed by atoms with Gasteiger partial charge >= 0.3 is 0 Å². The first-order chi connectivity index (χ1) is 10.7. The molecule has 0 bridgehead atoms. The van der Waals surface area contributed by atoms with E-state index < -0.39 is 10.0 Å². The van der Waals surface area contributed by atoms with Gasteiger partial charge in [-0.3, -0.25) is 4.72 Å². The maximum atomic E-state index is 12.6. The van der Waals surface area contributed by atoms with Crippen molar-refractivity contribution in [1.82, 2.24) is 0 Å². The second-order valence-electron chi connectivity index (χ2n) is 6.31. The third kappa shape index (κ3) is 4.26. The largest absolute Gasteiger partial charge is 0.492 e. The van der Waals surface area contributed by atoms with Crippen molar-refractivity contribution in [3.8, 4) is 5.75 Å². The molecule has 2 rings (SSSR count). The fourth-order valence-electron chi connectivity index (χ4n) is 2.17. The van der Waals surface area contributed by atoms with E-state index in [1.54, 1.807) is 36.4 Å².